The number of nitrogens with zero attached hydrogens (tertiary/aromatic N) is 5. The first-order valence-electron chi connectivity index (χ1n) is 4.98. The Balaban J connectivity index is 2.06. The summed E-state index contributed by atoms with van der Waals surface area (Å²) in [6.45, 7) is 1.78. The van der Waals surface area contributed by atoms with Crippen LogP contribution in [0, 0.1) is 0 Å². The van der Waals surface area contributed by atoms with Gasteiger partial charge in [0.05, 0.1) is 13.6 Å². The van der Waals surface area contributed by atoms with E-state index in [2.05, 4.69) is 26.0 Å². The normalized spacial score (nSPS) is 10.2. The molecule has 0 aromatic carbocycles. The molecule has 2 N–H and O–H groups in total. The van der Waals surface area contributed by atoms with Gasteiger partial charge in [-0.15, -0.1) is 10.2 Å². The molecule has 0 spiro atoms. The van der Waals surface area contributed by atoms with E-state index in [9.17, 15) is 4.79 Å². The van der Waals surface area contributed by atoms with Crippen LogP contribution in [0.2, 0.25) is 0 Å². The summed E-state index contributed by atoms with van der Waals surface area (Å²) in [7, 11) is 5.12. The summed E-state index contributed by atoms with van der Waals surface area (Å²) in [4.78, 5) is 14.0. The fourth-order valence-corrected chi connectivity index (χ4v) is 1.01. The second-order valence-electron chi connectivity index (χ2n) is 3.50. The number of urea groups is 1. The molecule has 0 saturated heterocycles. The van der Waals surface area contributed by atoms with E-state index in [-0.39, 0.29) is 6.03 Å². The number of aromatic nitrogens is 4. The van der Waals surface area contributed by atoms with Crippen LogP contribution in [0.25, 0.3) is 0 Å². The van der Waals surface area contributed by atoms with Crippen LogP contribution < -0.4 is 10.6 Å². The van der Waals surface area contributed by atoms with Crippen LogP contribution in [0.5, 0.6) is 0 Å². The second-order valence-corrected chi connectivity index (χ2v) is 3.50. The van der Waals surface area contributed by atoms with Crippen molar-refractivity contribution < 1.29 is 4.79 Å². The molecule has 0 atom stereocenters. The first-order chi connectivity index (χ1) is 7.59. The number of hydrogen-bond donors (Lipinski definition) is 2. The average Bonchev–Trinajstić information content (AvgIpc) is 2.63. The molecular weight excluding hydrogens is 210 g/mol. The molecule has 0 saturated carbocycles. The Bertz CT molecular complexity index is 335. The van der Waals surface area contributed by atoms with Crippen LogP contribution in [0.1, 0.15) is 5.82 Å². The molecule has 8 heteroatoms. The zero-order valence-electron chi connectivity index (χ0n) is 9.77. The Labute approximate surface area is 94.0 Å². The minimum Gasteiger partial charge on any atom is -0.337 e. The van der Waals surface area contributed by atoms with Crippen molar-refractivity contribution in [3.05, 3.63) is 5.82 Å². The van der Waals surface area contributed by atoms with Gasteiger partial charge in [-0.3, -0.25) is 0 Å². The van der Waals surface area contributed by atoms with Crippen molar-refractivity contribution in [3.8, 4) is 0 Å². The third-order valence-electron chi connectivity index (χ3n) is 1.82. The molecule has 16 heavy (non-hydrogen) atoms. The SMILES string of the molecule is CN(C)C(=O)NCCNCc1nnn(C)n1. The highest BCUT2D eigenvalue weighted by atomic mass is 16.2. The van der Waals surface area contributed by atoms with Crippen LogP contribution in [-0.2, 0) is 13.6 Å². The number of amides is 2. The van der Waals surface area contributed by atoms with E-state index >= 15 is 0 Å². The molecule has 1 heterocycles. The van der Waals surface area contributed by atoms with Gasteiger partial charge in [0.1, 0.15) is 0 Å². The smallest absolute Gasteiger partial charge is 0.316 e. The highest BCUT2D eigenvalue weighted by Crippen LogP contribution is 1.82. The van der Waals surface area contributed by atoms with Crippen LogP contribution >= 0.6 is 0 Å². The maximum atomic E-state index is 11.1. The van der Waals surface area contributed by atoms with Gasteiger partial charge in [0.25, 0.3) is 0 Å². The molecule has 0 aliphatic carbocycles. The van der Waals surface area contributed by atoms with Gasteiger partial charge in [-0.1, -0.05) is 0 Å². The average molecular weight is 227 g/mol. The zero-order valence-corrected chi connectivity index (χ0v) is 9.77. The molecule has 1 aromatic heterocycles. The van der Waals surface area contributed by atoms with Crippen LogP contribution in [-0.4, -0.2) is 58.3 Å². The number of tetrazole rings is 1. The van der Waals surface area contributed by atoms with Crippen molar-refractivity contribution in [3.63, 3.8) is 0 Å². The third-order valence-corrected chi connectivity index (χ3v) is 1.82. The topological polar surface area (TPSA) is 88.0 Å². The molecule has 0 unspecified atom stereocenters. The lowest BCUT2D eigenvalue weighted by atomic mass is 10.5. The van der Waals surface area contributed by atoms with Crippen molar-refractivity contribution >= 4 is 6.03 Å². The van der Waals surface area contributed by atoms with Gasteiger partial charge < -0.3 is 15.5 Å². The number of hydrogen-bond acceptors (Lipinski definition) is 5. The standard InChI is InChI=1S/C8H17N7O/c1-14(2)8(16)10-5-4-9-6-7-11-13-15(3)12-7/h9H,4-6H2,1-3H3,(H,10,16). The summed E-state index contributed by atoms with van der Waals surface area (Å²) in [6, 6.07) is -0.0978. The maximum absolute atomic E-state index is 11.1. The van der Waals surface area contributed by atoms with Gasteiger partial charge in [-0.05, 0) is 5.21 Å². The Hall–Kier alpha value is -1.70. The van der Waals surface area contributed by atoms with Crippen LogP contribution in [0.15, 0.2) is 0 Å². The number of nitrogens with one attached hydrogen (secondary N) is 2. The minimum absolute atomic E-state index is 0.0978. The maximum Gasteiger partial charge on any atom is 0.316 e. The largest absolute Gasteiger partial charge is 0.337 e. The van der Waals surface area contributed by atoms with Gasteiger partial charge in [0.15, 0.2) is 5.82 Å². The summed E-state index contributed by atoms with van der Waals surface area (Å²) in [6.07, 6.45) is 0. The van der Waals surface area contributed by atoms with Crippen molar-refractivity contribution in [2.24, 2.45) is 7.05 Å². The second kappa shape index (κ2) is 6.01. The van der Waals surface area contributed by atoms with Crippen molar-refractivity contribution in [1.82, 2.24) is 35.7 Å². The highest BCUT2D eigenvalue weighted by molar-refractivity contribution is 5.73. The molecule has 0 radical (unpaired) electrons. The molecule has 1 aromatic rings. The van der Waals surface area contributed by atoms with Crippen LogP contribution in [0.4, 0.5) is 4.79 Å². The van der Waals surface area contributed by atoms with E-state index in [1.165, 1.54) is 9.70 Å². The molecule has 2 amide bonds. The Morgan fingerprint density at radius 2 is 2.19 bits per heavy atom. The summed E-state index contributed by atoms with van der Waals surface area (Å²) in [5.41, 5.74) is 0. The summed E-state index contributed by atoms with van der Waals surface area (Å²) in [5, 5.41) is 17.4. The fourth-order valence-electron chi connectivity index (χ4n) is 1.01. The summed E-state index contributed by atoms with van der Waals surface area (Å²) < 4.78 is 0. The van der Waals surface area contributed by atoms with Crippen molar-refractivity contribution in [1.29, 1.82) is 0 Å². The van der Waals surface area contributed by atoms with E-state index in [0.717, 1.165) is 0 Å². The predicted molar refractivity (Wildman–Crippen MR) is 57.6 cm³/mol. The molecule has 0 aliphatic heterocycles. The molecule has 90 valence electrons. The van der Waals surface area contributed by atoms with E-state index < -0.39 is 0 Å². The zero-order chi connectivity index (χ0) is 12.0. The van der Waals surface area contributed by atoms with Crippen molar-refractivity contribution in [2.45, 2.75) is 6.54 Å². The molecule has 0 fully saturated rings. The van der Waals surface area contributed by atoms with E-state index in [1.54, 1.807) is 21.1 Å². The quantitative estimate of drug-likeness (QED) is 0.602. The van der Waals surface area contributed by atoms with E-state index in [1.807, 2.05) is 0 Å². The lowest BCUT2D eigenvalue weighted by molar-refractivity contribution is 0.217. The lowest BCUT2D eigenvalue weighted by Gasteiger charge is -2.11. The lowest BCUT2D eigenvalue weighted by Crippen LogP contribution is -2.38. The molecule has 0 aliphatic rings. The third kappa shape index (κ3) is 4.22. The summed E-state index contributed by atoms with van der Waals surface area (Å²) in [5.74, 6) is 0.640. The van der Waals surface area contributed by atoms with Gasteiger partial charge in [0.2, 0.25) is 0 Å². The molecular formula is C8H17N7O. The Kier molecular flexibility index (Phi) is 4.65. The number of carbonyl (C=O) groups is 1. The first-order valence-corrected chi connectivity index (χ1v) is 4.98. The number of rotatable bonds is 5. The van der Waals surface area contributed by atoms with E-state index in [4.69, 9.17) is 0 Å². The molecule has 0 bridgehead atoms. The Morgan fingerprint density at radius 3 is 2.75 bits per heavy atom. The highest BCUT2D eigenvalue weighted by Gasteiger charge is 2.01. The number of carbonyl (C=O) groups excluding carboxylic acids is 1. The molecule has 1 rings (SSSR count). The van der Waals surface area contributed by atoms with E-state index in [0.29, 0.717) is 25.5 Å². The fraction of sp³-hybridized carbons (Fsp3) is 0.750. The number of aryl methyl sites for hydroxylation is 1. The van der Waals surface area contributed by atoms with Crippen molar-refractivity contribution in [2.75, 3.05) is 27.2 Å². The van der Waals surface area contributed by atoms with Gasteiger partial charge >= 0.3 is 6.03 Å². The molecule has 8 nitrogen and oxygen atoms in total. The van der Waals surface area contributed by atoms with Gasteiger partial charge in [0, 0.05) is 27.2 Å². The monoisotopic (exact) mass is 227 g/mol. The van der Waals surface area contributed by atoms with Gasteiger partial charge in [-0.2, -0.15) is 4.80 Å². The van der Waals surface area contributed by atoms with Crippen LogP contribution in [0.3, 0.4) is 0 Å². The first kappa shape index (κ1) is 12.4. The summed E-state index contributed by atoms with van der Waals surface area (Å²) >= 11 is 0. The van der Waals surface area contributed by atoms with Gasteiger partial charge in [-0.25, -0.2) is 4.79 Å². The predicted octanol–water partition coefficient (Wildman–Crippen LogP) is -1.43. The Morgan fingerprint density at radius 1 is 1.44 bits per heavy atom. The minimum atomic E-state index is -0.0978.